The van der Waals surface area contributed by atoms with Gasteiger partial charge in [0.2, 0.25) is 0 Å². The van der Waals surface area contributed by atoms with Gasteiger partial charge in [0.1, 0.15) is 9.88 Å². The quantitative estimate of drug-likeness (QED) is 0.411. The summed E-state index contributed by atoms with van der Waals surface area (Å²) >= 11 is 0.630. The Hall–Kier alpha value is -2.92. The van der Waals surface area contributed by atoms with Gasteiger partial charge in [-0.3, -0.25) is 4.79 Å². The number of carbonyl (C=O) groups is 1. The molecule has 0 saturated carbocycles. The molecule has 1 aromatic heterocycles. The Labute approximate surface area is 196 Å². The summed E-state index contributed by atoms with van der Waals surface area (Å²) in [4.78, 5) is 17.6. The Kier molecular flexibility index (Phi) is 7.67. The molecular weight excluding hydrogens is 480 g/mol. The normalized spacial score (nSPS) is 12.3. The Bertz CT molecular complexity index is 1150. The highest BCUT2D eigenvalue weighted by Gasteiger charge is 2.40. The number of benzene rings is 2. The minimum atomic E-state index is -4.85. The minimum Gasteiger partial charge on any atom is -0.351 e. The third-order valence-corrected chi connectivity index (χ3v) is 5.88. The Balaban J connectivity index is 1.82. The fraction of sp³-hybridized carbons (Fsp3) is 0.304. The number of nitrogens with zero attached hydrogens (tertiary/aromatic N) is 2. The van der Waals surface area contributed by atoms with Crippen molar-refractivity contribution in [3.63, 3.8) is 0 Å². The van der Waals surface area contributed by atoms with Crippen LogP contribution >= 0.6 is 11.3 Å². The molecule has 0 fully saturated rings. The Morgan fingerprint density at radius 1 is 1.00 bits per heavy atom. The number of hydrogen-bond donors (Lipinski definition) is 1. The van der Waals surface area contributed by atoms with Crippen molar-refractivity contribution in [1.29, 1.82) is 0 Å². The summed E-state index contributed by atoms with van der Waals surface area (Å²) < 4.78 is 79.5. The van der Waals surface area contributed by atoms with Crippen LogP contribution in [0.15, 0.2) is 48.5 Å². The highest BCUT2D eigenvalue weighted by molar-refractivity contribution is 7.17. The first-order chi connectivity index (χ1) is 15.9. The monoisotopic (exact) mass is 501 g/mol. The van der Waals surface area contributed by atoms with Crippen molar-refractivity contribution >= 4 is 17.2 Å². The van der Waals surface area contributed by atoms with E-state index in [2.05, 4.69) is 10.3 Å². The highest BCUT2D eigenvalue weighted by Crippen LogP contribution is 2.38. The van der Waals surface area contributed by atoms with Gasteiger partial charge in [0, 0.05) is 18.7 Å². The van der Waals surface area contributed by atoms with Crippen molar-refractivity contribution in [3.8, 4) is 10.6 Å². The molecule has 0 aliphatic carbocycles. The molecule has 3 aromatic rings. The molecule has 0 saturated heterocycles. The summed E-state index contributed by atoms with van der Waals surface area (Å²) in [6.07, 6.45) is -9.34. The number of alkyl halides is 6. The number of rotatable bonds is 7. The van der Waals surface area contributed by atoms with Gasteiger partial charge in [0.15, 0.2) is 5.69 Å². The fourth-order valence-electron chi connectivity index (χ4n) is 3.29. The number of nitrogens with one attached hydrogen (secondary N) is 1. The molecule has 0 radical (unpaired) electrons. The van der Waals surface area contributed by atoms with Gasteiger partial charge in [0.05, 0.1) is 5.56 Å². The second-order valence-corrected chi connectivity index (χ2v) is 8.79. The summed E-state index contributed by atoms with van der Waals surface area (Å²) in [6.45, 7) is 0.331. The third kappa shape index (κ3) is 6.35. The van der Waals surface area contributed by atoms with Crippen LogP contribution in [0.5, 0.6) is 0 Å². The number of aromatic nitrogens is 1. The lowest BCUT2D eigenvalue weighted by atomic mass is 10.1. The molecule has 0 atom stereocenters. The van der Waals surface area contributed by atoms with Crippen molar-refractivity contribution in [2.24, 2.45) is 0 Å². The maximum atomic E-state index is 13.6. The van der Waals surface area contributed by atoms with Crippen LogP contribution in [0.3, 0.4) is 0 Å². The van der Waals surface area contributed by atoms with Gasteiger partial charge in [-0.25, -0.2) is 4.98 Å². The van der Waals surface area contributed by atoms with Crippen molar-refractivity contribution in [1.82, 2.24) is 15.2 Å². The molecule has 1 heterocycles. The van der Waals surface area contributed by atoms with Gasteiger partial charge in [-0.2, -0.15) is 26.3 Å². The lowest BCUT2D eigenvalue weighted by Gasteiger charge is -2.12. The zero-order valence-electron chi connectivity index (χ0n) is 18.2. The third-order valence-electron chi connectivity index (χ3n) is 4.79. The van der Waals surface area contributed by atoms with E-state index in [0.29, 0.717) is 29.0 Å². The number of thiazole rings is 1. The van der Waals surface area contributed by atoms with Crippen LogP contribution in [0.2, 0.25) is 0 Å². The van der Waals surface area contributed by atoms with Crippen LogP contribution in [0, 0.1) is 0 Å². The van der Waals surface area contributed by atoms with Crippen LogP contribution in [0.4, 0.5) is 26.3 Å². The predicted molar refractivity (Wildman–Crippen MR) is 117 cm³/mol. The Morgan fingerprint density at radius 2 is 1.71 bits per heavy atom. The van der Waals surface area contributed by atoms with E-state index in [4.69, 9.17) is 0 Å². The van der Waals surface area contributed by atoms with Gasteiger partial charge in [-0.15, -0.1) is 11.3 Å². The summed E-state index contributed by atoms with van der Waals surface area (Å²) in [5, 5.41) is 2.43. The van der Waals surface area contributed by atoms with Gasteiger partial charge < -0.3 is 10.2 Å². The van der Waals surface area contributed by atoms with E-state index in [1.165, 1.54) is 12.1 Å². The SMILES string of the molecule is CN(C)Cc1ccccc1-c1nc(C(F)(F)F)c(C(=O)NCCc2cccc(C(F)(F)F)c2)s1. The summed E-state index contributed by atoms with van der Waals surface area (Å²) in [5.41, 5.74) is -0.571. The number of carbonyl (C=O) groups excluding carboxylic acids is 1. The molecule has 0 spiro atoms. The first-order valence-electron chi connectivity index (χ1n) is 10.1. The molecule has 0 aliphatic heterocycles. The molecule has 4 nitrogen and oxygen atoms in total. The molecule has 0 unspecified atom stereocenters. The van der Waals surface area contributed by atoms with E-state index in [1.807, 2.05) is 19.0 Å². The largest absolute Gasteiger partial charge is 0.435 e. The molecule has 0 bridgehead atoms. The highest BCUT2D eigenvalue weighted by atomic mass is 32.1. The number of halogens is 6. The second-order valence-electron chi connectivity index (χ2n) is 7.79. The lowest BCUT2D eigenvalue weighted by Crippen LogP contribution is -2.27. The molecule has 34 heavy (non-hydrogen) atoms. The average Bonchev–Trinajstić information content (AvgIpc) is 3.19. The van der Waals surface area contributed by atoms with Gasteiger partial charge in [-0.05, 0) is 37.7 Å². The maximum absolute atomic E-state index is 13.6. The number of amides is 1. The van der Waals surface area contributed by atoms with E-state index >= 15 is 0 Å². The smallest absolute Gasteiger partial charge is 0.351 e. The number of hydrogen-bond acceptors (Lipinski definition) is 4. The van der Waals surface area contributed by atoms with Crippen molar-refractivity contribution < 1.29 is 31.1 Å². The van der Waals surface area contributed by atoms with E-state index in [-0.39, 0.29) is 18.0 Å². The second kappa shape index (κ2) is 10.1. The summed E-state index contributed by atoms with van der Waals surface area (Å²) in [7, 11) is 3.64. The lowest BCUT2D eigenvalue weighted by molar-refractivity contribution is -0.141. The van der Waals surface area contributed by atoms with Crippen LogP contribution in [-0.2, 0) is 25.3 Å². The minimum absolute atomic E-state index is 0.0222. The van der Waals surface area contributed by atoms with Crippen molar-refractivity contribution in [2.75, 3.05) is 20.6 Å². The molecule has 3 rings (SSSR count). The molecule has 11 heteroatoms. The van der Waals surface area contributed by atoms with Crippen molar-refractivity contribution in [2.45, 2.75) is 25.3 Å². The van der Waals surface area contributed by atoms with E-state index in [0.717, 1.165) is 17.7 Å². The van der Waals surface area contributed by atoms with E-state index < -0.39 is 34.4 Å². The van der Waals surface area contributed by atoms with Crippen LogP contribution in [-0.4, -0.2) is 36.4 Å². The van der Waals surface area contributed by atoms with Gasteiger partial charge in [-0.1, -0.05) is 42.5 Å². The zero-order chi connectivity index (χ0) is 25.1. The Morgan fingerprint density at radius 3 is 2.35 bits per heavy atom. The van der Waals surface area contributed by atoms with Crippen LogP contribution in [0.25, 0.3) is 10.6 Å². The molecule has 1 N–H and O–H groups in total. The van der Waals surface area contributed by atoms with Gasteiger partial charge in [0.25, 0.3) is 5.91 Å². The van der Waals surface area contributed by atoms with Gasteiger partial charge >= 0.3 is 12.4 Å². The summed E-state index contributed by atoms with van der Waals surface area (Å²) in [6, 6.07) is 11.4. The predicted octanol–water partition coefficient (Wildman–Crippen LogP) is 5.88. The zero-order valence-corrected chi connectivity index (χ0v) is 19.0. The summed E-state index contributed by atoms with van der Waals surface area (Å²) in [5.74, 6) is -0.979. The first kappa shape index (κ1) is 25.7. The van der Waals surface area contributed by atoms with E-state index in [1.54, 1.807) is 24.3 Å². The fourth-order valence-corrected chi connectivity index (χ4v) is 4.35. The van der Waals surface area contributed by atoms with Crippen LogP contribution < -0.4 is 5.32 Å². The average molecular weight is 501 g/mol. The maximum Gasteiger partial charge on any atom is 0.435 e. The van der Waals surface area contributed by atoms with Crippen LogP contribution in [0.1, 0.15) is 32.1 Å². The molecule has 0 aliphatic rings. The topological polar surface area (TPSA) is 45.2 Å². The first-order valence-corrected chi connectivity index (χ1v) is 10.9. The molecule has 182 valence electrons. The molecular formula is C23H21F6N3OS. The standard InChI is InChI=1S/C23H21F6N3OS/c1-32(2)13-15-7-3-4-9-17(15)21-31-19(23(27,28)29)18(34-21)20(33)30-11-10-14-6-5-8-16(12-14)22(24,25)26/h3-9,12H,10-11,13H2,1-2H3,(H,30,33). The van der Waals surface area contributed by atoms with Crippen molar-refractivity contribution in [3.05, 3.63) is 75.8 Å². The molecule has 2 aromatic carbocycles. The molecule has 1 amide bonds. The van der Waals surface area contributed by atoms with E-state index in [9.17, 15) is 31.1 Å².